The number of benzene rings is 2. The Kier molecular flexibility index (Phi) is 4.77. The molecule has 0 aliphatic carbocycles. The second-order valence-corrected chi connectivity index (χ2v) is 5.36. The van der Waals surface area contributed by atoms with Crippen LogP contribution in [-0.2, 0) is 6.54 Å². The Morgan fingerprint density at radius 3 is 2.58 bits per heavy atom. The van der Waals surface area contributed by atoms with Crippen LogP contribution in [0, 0.1) is 0 Å². The van der Waals surface area contributed by atoms with Gasteiger partial charge in [-0.15, -0.1) is 0 Å². The van der Waals surface area contributed by atoms with Gasteiger partial charge >= 0.3 is 0 Å². The molecule has 0 bridgehead atoms. The summed E-state index contributed by atoms with van der Waals surface area (Å²) in [6.07, 6.45) is 0.770. The Balaban J connectivity index is 1.65. The molecule has 1 atom stereocenters. The lowest BCUT2D eigenvalue weighted by Gasteiger charge is -2.13. The van der Waals surface area contributed by atoms with E-state index in [9.17, 15) is 9.90 Å². The van der Waals surface area contributed by atoms with E-state index in [1.807, 2.05) is 12.1 Å². The third-order valence-electron chi connectivity index (χ3n) is 3.65. The Morgan fingerprint density at radius 2 is 1.83 bits per heavy atom. The fourth-order valence-corrected chi connectivity index (χ4v) is 2.37. The molecule has 24 heavy (non-hydrogen) atoms. The lowest BCUT2D eigenvalue weighted by atomic mass is 10.2. The molecule has 0 spiro atoms. The van der Waals surface area contributed by atoms with Gasteiger partial charge in [0, 0.05) is 5.39 Å². The number of ether oxygens (including phenoxy) is 2. The van der Waals surface area contributed by atoms with Gasteiger partial charge in [0.2, 0.25) is 0 Å². The second-order valence-electron chi connectivity index (χ2n) is 5.36. The zero-order chi connectivity index (χ0) is 16.9. The maximum atomic E-state index is 12.3. The van der Waals surface area contributed by atoms with Gasteiger partial charge < -0.3 is 14.6 Å². The van der Waals surface area contributed by atoms with E-state index in [-0.39, 0.29) is 18.7 Å². The maximum Gasteiger partial charge on any atom is 0.274 e. The Bertz CT molecular complexity index is 874. The third kappa shape index (κ3) is 3.55. The average Bonchev–Trinajstić information content (AvgIpc) is 2.63. The molecular formula is C18H18N2O4. The first-order chi connectivity index (χ1) is 11.7. The van der Waals surface area contributed by atoms with Gasteiger partial charge in [-0.25, -0.2) is 4.68 Å². The first kappa shape index (κ1) is 16.0. The number of nitrogens with zero attached hydrogens (tertiary/aromatic N) is 2. The molecule has 1 N–H and O–H groups in total. The van der Waals surface area contributed by atoms with Crippen molar-refractivity contribution < 1.29 is 14.6 Å². The van der Waals surface area contributed by atoms with E-state index in [0.29, 0.717) is 11.1 Å². The molecule has 1 heterocycles. The van der Waals surface area contributed by atoms with Gasteiger partial charge in [0.15, 0.2) is 0 Å². The van der Waals surface area contributed by atoms with Gasteiger partial charge in [-0.1, -0.05) is 18.2 Å². The van der Waals surface area contributed by atoms with Crippen molar-refractivity contribution in [2.45, 2.75) is 12.6 Å². The predicted octanol–water partition coefficient (Wildman–Crippen LogP) is 1.84. The monoisotopic (exact) mass is 326 g/mol. The van der Waals surface area contributed by atoms with Gasteiger partial charge in [-0.3, -0.25) is 4.79 Å². The molecule has 0 amide bonds. The van der Waals surface area contributed by atoms with Crippen molar-refractivity contribution in [3.8, 4) is 11.5 Å². The number of hydrogen-bond acceptors (Lipinski definition) is 5. The zero-order valence-electron chi connectivity index (χ0n) is 13.3. The summed E-state index contributed by atoms with van der Waals surface area (Å²) in [7, 11) is 1.59. The summed E-state index contributed by atoms with van der Waals surface area (Å²) < 4.78 is 11.8. The molecule has 1 aromatic heterocycles. The molecule has 0 saturated heterocycles. The summed E-state index contributed by atoms with van der Waals surface area (Å²) >= 11 is 0. The summed E-state index contributed by atoms with van der Waals surface area (Å²) in [6.45, 7) is 0.132. The minimum atomic E-state index is -0.849. The number of hydrogen-bond donors (Lipinski definition) is 1. The molecule has 1 unspecified atom stereocenters. The largest absolute Gasteiger partial charge is 0.497 e. The second kappa shape index (κ2) is 7.14. The van der Waals surface area contributed by atoms with Crippen molar-refractivity contribution in [1.82, 2.24) is 9.78 Å². The summed E-state index contributed by atoms with van der Waals surface area (Å²) in [6, 6.07) is 14.3. The number of aliphatic hydroxyl groups is 1. The lowest BCUT2D eigenvalue weighted by Crippen LogP contribution is -2.31. The molecule has 3 aromatic rings. The molecule has 0 radical (unpaired) electrons. The molecule has 0 saturated carbocycles. The Morgan fingerprint density at radius 1 is 1.12 bits per heavy atom. The molecule has 124 valence electrons. The van der Waals surface area contributed by atoms with Crippen molar-refractivity contribution >= 4 is 10.8 Å². The van der Waals surface area contributed by atoms with E-state index in [1.165, 1.54) is 4.68 Å². The minimum Gasteiger partial charge on any atom is -0.497 e. The number of rotatable bonds is 6. The van der Waals surface area contributed by atoms with Crippen LogP contribution < -0.4 is 15.0 Å². The first-order valence-corrected chi connectivity index (χ1v) is 7.57. The fourth-order valence-electron chi connectivity index (χ4n) is 2.37. The van der Waals surface area contributed by atoms with E-state index in [1.54, 1.807) is 49.7 Å². The standard InChI is InChI=1S/C18H18N2O4/c1-23-15-6-8-16(9-7-15)24-12-14(21)11-20-18(22)17-5-3-2-4-13(17)10-19-20/h2-10,14,21H,11-12H2,1H3. The van der Waals surface area contributed by atoms with Crippen LogP contribution in [0.3, 0.4) is 0 Å². The number of aliphatic hydroxyl groups excluding tert-OH is 1. The predicted molar refractivity (Wildman–Crippen MR) is 90.5 cm³/mol. The summed E-state index contributed by atoms with van der Waals surface area (Å²) in [5.74, 6) is 1.35. The van der Waals surface area contributed by atoms with Crippen LogP contribution >= 0.6 is 0 Å². The van der Waals surface area contributed by atoms with Crippen LogP contribution in [0.1, 0.15) is 0 Å². The van der Waals surface area contributed by atoms with E-state index in [2.05, 4.69) is 5.10 Å². The Labute approximate surface area is 138 Å². The quantitative estimate of drug-likeness (QED) is 0.748. The highest BCUT2D eigenvalue weighted by atomic mass is 16.5. The fraction of sp³-hybridized carbons (Fsp3) is 0.222. The Hall–Kier alpha value is -2.86. The van der Waals surface area contributed by atoms with Crippen molar-refractivity contribution in [3.63, 3.8) is 0 Å². The normalized spacial score (nSPS) is 12.1. The molecule has 0 aliphatic rings. The summed E-state index contributed by atoms with van der Waals surface area (Å²) in [5.41, 5.74) is -0.225. The van der Waals surface area contributed by atoms with Crippen molar-refractivity contribution in [2.75, 3.05) is 13.7 Å². The average molecular weight is 326 g/mol. The molecule has 0 aliphatic heterocycles. The minimum absolute atomic E-state index is 0.0628. The molecule has 6 heteroatoms. The van der Waals surface area contributed by atoms with Crippen LogP contribution in [-0.4, -0.2) is 34.7 Å². The summed E-state index contributed by atoms with van der Waals surface area (Å²) in [4.78, 5) is 12.3. The van der Waals surface area contributed by atoms with Crippen molar-refractivity contribution in [3.05, 3.63) is 65.1 Å². The van der Waals surface area contributed by atoms with Gasteiger partial charge in [-0.2, -0.15) is 5.10 Å². The maximum absolute atomic E-state index is 12.3. The zero-order valence-corrected chi connectivity index (χ0v) is 13.3. The van der Waals surface area contributed by atoms with Gasteiger partial charge in [0.25, 0.3) is 5.56 Å². The molecular weight excluding hydrogens is 308 g/mol. The van der Waals surface area contributed by atoms with Gasteiger partial charge in [0.05, 0.1) is 25.2 Å². The molecule has 3 rings (SSSR count). The highest BCUT2D eigenvalue weighted by Crippen LogP contribution is 2.17. The number of fused-ring (bicyclic) bond motifs is 1. The van der Waals surface area contributed by atoms with Crippen LogP contribution in [0.15, 0.2) is 59.5 Å². The van der Waals surface area contributed by atoms with E-state index >= 15 is 0 Å². The number of aromatic nitrogens is 2. The topological polar surface area (TPSA) is 73.6 Å². The van der Waals surface area contributed by atoms with Crippen LogP contribution in [0.5, 0.6) is 11.5 Å². The van der Waals surface area contributed by atoms with Crippen molar-refractivity contribution in [1.29, 1.82) is 0 Å². The van der Waals surface area contributed by atoms with Crippen LogP contribution in [0.4, 0.5) is 0 Å². The molecule has 2 aromatic carbocycles. The van der Waals surface area contributed by atoms with Crippen molar-refractivity contribution in [2.24, 2.45) is 0 Å². The van der Waals surface area contributed by atoms with Gasteiger partial charge in [0.1, 0.15) is 24.2 Å². The van der Waals surface area contributed by atoms with E-state index in [4.69, 9.17) is 9.47 Å². The highest BCUT2D eigenvalue weighted by molar-refractivity contribution is 5.80. The summed E-state index contributed by atoms with van der Waals surface area (Å²) in [5, 5.41) is 15.6. The lowest BCUT2D eigenvalue weighted by molar-refractivity contribution is 0.0881. The molecule has 6 nitrogen and oxygen atoms in total. The smallest absolute Gasteiger partial charge is 0.274 e. The SMILES string of the molecule is COc1ccc(OCC(O)Cn2ncc3ccccc3c2=O)cc1. The van der Waals surface area contributed by atoms with E-state index < -0.39 is 6.10 Å². The molecule has 0 fully saturated rings. The first-order valence-electron chi connectivity index (χ1n) is 7.57. The number of methoxy groups -OCH3 is 1. The highest BCUT2D eigenvalue weighted by Gasteiger charge is 2.10. The third-order valence-corrected chi connectivity index (χ3v) is 3.65. The van der Waals surface area contributed by atoms with Crippen LogP contribution in [0.25, 0.3) is 10.8 Å². The van der Waals surface area contributed by atoms with Crippen LogP contribution in [0.2, 0.25) is 0 Å². The van der Waals surface area contributed by atoms with E-state index in [0.717, 1.165) is 11.1 Å². The van der Waals surface area contributed by atoms with Gasteiger partial charge in [-0.05, 0) is 30.3 Å².